The van der Waals surface area contributed by atoms with Gasteiger partial charge >= 0.3 is 6.03 Å². The minimum absolute atomic E-state index is 0.348. The summed E-state index contributed by atoms with van der Waals surface area (Å²) in [6.07, 6.45) is 0. The van der Waals surface area contributed by atoms with Gasteiger partial charge in [0.05, 0.1) is 0 Å². The number of nitrogens with zero attached hydrogens (tertiary/aromatic N) is 1. The largest absolute Gasteiger partial charge is 0.325 e. The second kappa shape index (κ2) is 6.68. The fraction of sp³-hybridized carbons (Fsp3) is 0.167. The molecule has 0 aromatic heterocycles. The van der Waals surface area contributed by atoms with E-state index in [-0.39, 0.29) is 6.54 Å². The van der Waals surface area contributed by atoms with Gasteiger partial charge in [-0.05, 0) is 25.1 Å². The maximum Gasteiger partial charge on any atom is 0.325 e. The van der Waals surface area contributed by atoms with Crippen molar-refractivity contribution in [1.82, 2.24) is 10.2 Å². The molecule has 7 heteroatoms. The van der Waals surface area contributed by atoms with E-state index in [0.717, 1.165) is 4.90 Å². The molecular weight excluding hydrogens is 386 g/mol. The average Bonchev–Trinajstić information content (AvgIpc) is 2.80. The average molecular weight is 402 g/mol. The highest BCUT2D eigenvalue weighted by Gasteiger charge is 2.50. The maximum absolute atomic E-state index is 12.8. The van der Waals surface area contributed by atoms with E-state index in [1.54, 1.807) is 49.4 Å². The number of halogens is 1. The van der Waals surface area contributed by atoms with Crippen LogP contribution in [0.25, 0.3) is 0 Å². The smallest absolute Gasteiger partial charge is 0.325 e. The molecule has 6 nitrogen and oxygen atoms in total. The Kier molecular flexibility index (Phi) is 4.59. The number of benzene rings is 2. The summed E-state index contributed by atoms with van der Waals surface area (Å²) in [6, 6.07) is 15.4. The van der Waals surface area contributed by atoms with Crippen LogP contribution in [0.3, 0.4) is 0 Å². The number of hydrogen-bond donors (Lipinski definition) is 2. The van der Waals surface area contributed by atoms with E-state index in [2.05, 4.69) is 26.6 Å². The molecule has 1 unspecified atom stereocenters. The van der Waals surface area contributed by atoms with Gasteiger partial charge in [-0.2, -0.15) is 0 Å². The van der Waals surface area contributed by atoms with Gasteiger partial charge in [-0.25, -0.2) is 4.79 Å². The quantitative estimate of drug-likeness (QED) is 0.773. The minimum atomic E-state index is -1.22. The molecule has 0 bridgehead atoms. The number of amides is 4. The molecule has 2 aromatic carbocycles. The fourth-order valence-electron chi connectivity index (χ4n) is 2.76. The second-order valence-electron chi connectivity index (χ2n) is 5.84. The van der Waals surface area contributed by atoms with E-state index in [0.29, 0.717) is 15.7 Å². The van der Waals surface area contributed by atoms with E-state index in [1.165, 1.54) is 0 Å². The summed E-state index contributed by atoms with van der Waals surface area (Å²) in [4.78, 5) is 38.2. The van der Waals surface area contributed by atoms with E-state index in [1.807, 2.05) is 12.1 Å². The first-order chi connectivity index (χ1) is 11.9. The molecule has 1 aliphatic rings. The first kappa shape index (κ1) is 17.2. The number of hydrogen-bond acceptors (Lipinski definition) is 3. The summed E-state index contributed by atoms with van der Waals surface area (Å²) in [7, 11) is 0. The number of para-hydroxylation sites is 1. The molecule has 0 spiro atoms. The van der Waals surface area contributed by atoms with E-state index in [4.69, 9.17) is 0 Å². The molecule has 3 rings (SSSR count). The Hall–Kier alpha value is -2.67. The number of imide groups is 1. The Morgan fingerprint density at radius 2 is 1.76 bits per heavy atom. The number of carbonyl (C=O) groups is 3. The normalized spacial score (nSPS) is 19.7. The topological polar surface area (TPSA) is 78.5 Å². The molecule has 1 saturated heterocycles. The summed E-state index contributed by atoms with van der Waals surface area (Å²) in [5.74, 6) is -0.904. The van der Waals surface area contributed by atoms with Gasteiger partial charge in [0, 0.05) is 15.7 Å². The van der Waals surface area contributed by atoms with Crippen LogP contribution < -0.4 is 10.6 Å². The Morgan fingerprint density at radius 1 is 1.12 bits per heavy atom. The number of urea groups is 1. The van der Waals surface area contributed by atoms with Crippen molar-refractivity contribution >= 4 is 39.5 Å². The lowest BCUT2D eigenvalue weighted by Gasteiger charge is -2.23. The molecule has 128 valence electrons. The first-order valence-corrected chi connectivity index (χ1v) is 8.45. The Bertz CT molecular complexity index is 840. The van der Waals surface area contributed by atoms with Crippen molar-refractivity contribution in [3.63, 3.8) is 0 Å². The molecule has 1 atom stereocenters. The molecule has 0 aliphatic carbocycles. The van der Waals surface area contributed by atoms with Crippen LogP contribution >= 0.6 is 15.9 Å². The molecule has 1 fully saturated rings. The van der Waals surface area contributed by atoms with Crippen LogP contribution in [0, 0.1) is 0 Å². The van der Waals surface area contributed by atoms with Crippen LogP contribution in [-0.4, -0.2) is 29.3 Å². The lowest BCUT2D eigenvalue weighted by atomic mass is 9.92. The second-order valence-corrected chi connectivity index (χ2v) is 6.69. The maximum atomic E-state index is 12.8. The summed E-state index contributed by atoms with van der Waals surface area (Å²) >= 11 is 3.40. The van der Waals surface area contributed by atoms with Crippen LogP contribution in [0.15, 0.2) is 59.1 Å². The lowest BCUT2D eigenvalue weighted by Crippen LogP contribution is -2.42. The number of anilines is 1. The van der Waals surface area contributed by atoms with Crippen LogP contribution in [0.5, 0.6) is 0 Å². The summed E-state index contributed by atoms with van der Waals surface area (Å²) in [6.45, 7) is 1.28. The van der Waals surface area contributed by atoms with E-state index in [9.17, 15) is 14.4 Å². The highest BCUT2D eigenvalue weighted by Crippen LogP contribution is 2.33. The van der Waals surface area contributed by atoms with Crippen molar-refractivity contribution in [3.8, 4) is 0 Å². The molecule has 25 heavy (non-hydrogen) atoms. The first-order valence-electron chi connectivity index (χ1n) is 7.66. The van der Waals surface area contributed by atoms with Gasteiger partial charge in [0.2, 0.25) is 5.91 Å². The van der Waals surface area contributed by atoms with E-state index >= 15 is 0 Å². The number of rotatable bonds is 4. The standard InChI is InChI=1S/C18H16BrN3O3/c1-18(13-9-5-6-10-14(13)19)16(24)22(17(25)21-18)11-15(23)20-12-7-3-2-4-8-12/h2-10H,11H2,1H3,(H,20,23)(H,21,25). The molecule has 0 saturated carbocycles. The van der Waals surface area contributed by atoms with Crippen molar-refractivity contribution in [1.29, 1.82) is 0 Å². The highest BCUT2D eigenvalue weighted by atomic mass is 79.9. The van der Waals surface area contributed by atoms with Crippen molar-refractivity contribution < 1.29 is 14.4 Å². The fourth-order valence-corrected chi connectivity index (χ4v) is 3.44. The molecule has 2 N–H and O–H groups in total. The summed E-state index contributed by atoms with van der Waals surface area (Å²) in [5, 5.41) is 5.35. The Labute approximate surface area is 153 Å². The van der Waals surface area contributed by atoms with Crippen LogP contribution in [0.1, 0.15) is 12.5 Å². The summed E-state index contributed by atoms with van der Waals surface area (Å²) < 4.78 is 0.710. The third kappa shape index (κ3) is 3.28. The third-order valence-electron chi connectivity index (χ3n) is 4.05. The lowest BCUT2D eigenvalue weighted by molar-refractivity contribution is -0.133. The number of nitrogens with one attached hydrogen (secondary N) is 2. The third-order valence-corrected chi connectivity index (χ3v) is 4.74. The van der Waals surface area contributed by atoms with Crippen molar-refractivity contribution in [2.45, 2.75) is 12.5 Å². The molecule has 0 radical (unpaired) electrons. The predicted molar refractivity (Wildman–Crippen MR) is 96.8 cm³/mol. The molecule has 1 aliphatic heterocycles. The van der Waals surface area contributed by atoms with Crippen LogP contribution in [0.4, 0.5) is 10.5 Å². The van der Waals surface area contributed by atoms with E-state index < -0.39 is 23.4 Å². The minimum Gasteiger partial charge on any atom is -0.325 e. The highest BCUT2D eigenvalue weighted by molar-refractivity contribution is 9.10. The molecular formula is C18H16BrN3O3. The molecule has 4 amide bonds. The summed E-state index contributed by atoms with van der Waals surface area (Å²) in [5.41, 5.74) is 0.0249. The van der Waals surface area contributed by atoms with Crippen LogP contribution in [0.2, 0.25) is 0 Å². The van der Waals surface area contributed by atoms with Crippen molar-refractivity contribution in [2.24, 2.45) is 0 Å². The van der Waals surface area contributed by atoms with Gasteiger partial charge in [-0.15, -0.1) is 0 Å². The van der Waals surface area contributed by atoms with Gasteiger partial charge in [0.1, 0.15) is 12.1 Å². The predicted octanol–water partition coefficient (Wildman–Crippen LogP) is 2.85. The van der Waals surface area contributed by atoms with Gasteiger partial charge in [0.25, 0.3) is 5.91 Å². The zero-order valence-corrected chi connectivity index (χ0v) is 15.0. The van der Waals surface area contributed by atoms with Gasteiger partial charge in [0.15, 0.2) is 0 Å². The SMILES string of the molecule is CC1(c2ccccc2Br)NC(=O)N(CC(=O)Nc2ccccc2)C1=O. The van der Waals surface area contributed by atoms with Crippen molar-refractivity contribution in [2.75, 3.05) is 11.9 Å². The molecule has 2 aromatic rings. The van der Waals surface area contributed by atoms with Gasteiger partial charge < -0.3 is 10.6 Å². The zero-order chi connectivity index (χ0) is 18.0. The monoisotopic (exact) mass is 401 g/mol. The Morgan fingerprint density at radius 3 is 2.44 bits per heavy atom. The zero-order valence-electron chi connectivity index (χ0n) is 13.5. The van der Waals surface area contributed by atoms with Gasteiger partial charge in [-0.3, -0.25) is 14.5 Å². The van der Waals surface area contributed by atoms with Crippen molar-refractivity contribution in [3.05, 3.63) is 64.6 Å². The Balaban J connectivity index is 1.78. The van der Waals surface area contributed by atoms with Gasteiger partial charge in [-0.1, -0.05) is 52.3 Å². The molecule has 1 heterocycles. The number of carbonyl (C=O) groups excluding carboxylic acids is 3. The van der Waals surface area contributed by atoms with Crippen LogP contribution in [-0.2, 0) is 15.1 Å².